The van der Waals surface area contributed by atoms with Crippen LogP contribution in [0.5, 0.6) is 0 Å². The van der Waals surface area contributed by atoms with Crippen LogP contribution in [-0.4, -0.2) is 47.3 Å². The van der Waals surface area contributed by atoms with Crippen molar-refractivity contribution >= 4 is 22.7 Å². The van der Waals surface area contributed by atoms with Gasteiger partial charge in [0.1, 0.15) is 12.1 Å². The largest absolute Gasteiger partial charge is 0.355 e. The number of aryl methyl sites for hydroxylation is 1. The first-order valence-electron chi connectivity index (χ1n) is 8.59. The number of para-hydroxylation sites is 1. The van der Waals surface area contributed by atoms with Crippen molar-refractivity contribution in [2.24, 2.45) is 0 Å². The second-order valence-electron chi connectivity index (χ2n) is 6.78. The number of piperidine rings is 1. The van der Waals surface area contributed by atoms with E-state index in [0.717, 1.165) is 42.7 Å². The Morgan fingerprint density at radius 1 is 1.24 bits per heavy atom. The zero-order valence-electron chi connectivity index (χ0n) is 14.8. The number of hydrogen-bond donors (Lipinski definition) is 0. The van der Waals surface area contributed by atoms with E-state index < -0.39 is 0 Å². The van der Waals surface area contributed by atoms with Crippen molar-refractivity contribution < 1.29 is 4.52 Å². The molecule has 3 heterocycles. The Labute approximate surface area is 146 Å². The normalized spacial score (nSPS) is 17.9. The van der Waals surface area contributed by atoms with E-state index in [1.54, 1.807) is 6.33 Å². The third-order valence-corrected chi connectivity index (χ3v) is 4.75. The molecule has 0 N–H and O–H groups in total. The van der Waals surface area contributed by atoms with Crippen LogP contribution in [0.15, 0.2) is 29.0 Å². The lowest BCUT2D eigenvalue weighted by Gasteiger charge is -2.32. The van der Waals surface area contributed by atoms with Gasteiger partial charge in [-0.2, -0.15) is 4.98 Å². The summed E-state index contributed by atoms with van der Waals surface area (Å²) < 4.78 is 5.49. The molecule has 1 unspecified atom stereocenters. The summed E-state index contributed by atoms with van der Waals surface area (Å²) in [6.07, 6.45) is 3.78. The fourth-order valence-electron chi connectivity index (χ4n) is 3.42. The topological polar surface area (TPSA) is 71.2 Å². The molecule has 0 bridgehead atoms. The molecular weight excluding hydrogens is 316 g/mol. The summed E-state index contributed by atoms with van der Waals surface area (Å²) in [5.41, 5.74) is 2.18. The Bertz CT molecular complexity index is 890. The number of fused-ring (bicyclic) bond motifs is 1. The van der Waals surface area contributed by atoms with Gasteiger partial charge in [0, 0.05) is 32.6 Å². The number of aromatic nitrogens is 4. The molecular formula is C18H22N6O. The number of benzene rings is 1. The summed E-state index contributed by atoms with van der Waals surface area (Å²) in [7, 11) is 3.83. The first-order chi connectivity index (χ1) is 12.1. The Morgan fingerprint density at radius 2 is 2.12 bits per heavy atom. The quantitative estimate of drug-likeness (QED) is 0.727. The van der Waals surface area contributed by atoms with Gasteiger partial charge in [-0.15, -0.1) is 0 Å². The maximum absolute atomic E-state index is 5.49. The highest BCUT2D eigenvalue weighted by Crippen LogP contribution is 2.32. The Kier molecular flexibility index (Phi) is 3.99. The van der Waals surface area contributed by atoms with Crippen LogP contribution in [0.2, 0.25) is 0 Å². The van der Waals surface area contributed by atoms with Gasteiger partial charge in [0.25, 0.3) is 5.95 Å². The predicted octanol–water partition coefficient (Wildman–Crippen LogP) is 2.77. The van der Waals surface area contributed by atoms with Crippen molar-refractivity contribution in [2.45, 2.75) is 25.7 Å². The molecule has 25 heavy (non-hydrogen) atoms. The molecule has 7 heteroatoms. The number of nitrogens with zero attached hydrogens (tertiary/aromatic N) is 6. The van der Waals surface area contributed by atoms with Crippen molar-refractivity contribution in [2.75, 3.05) is 37.0 Å². The minimum absolute atomic E-state index is 0.227. The number of anilines is 2. The molecule has 7 nitrogen and oxygen atoms in total. The highest BCUT2D eigenvalue weighted by Gasteiger charge is 2.28. The van der Waals surface area contributed by atoms with Crippen LogP contribution in [0.3, 0.4) is 0 Å². The second kappa shape index (κ2) is 6.31. The van der Waals surface area contributed by atoms with E-state index >= 15 is 0 Å². The predicted molar refractivity (Wildman–Crippen MR) is 97.1 cm³/mol. The molecule has 1 aromatic carbocycles. The van der Waals surface area contributed by atoms with Gasteiger partial charge >= 0.3 is 0 Å². The fraction of sp³-hybridized carbons (Fsp3) is 0.444. The summed E-state index contributed by atoms with van der Waals surface area (Å²) in [6.45, 7) is 3.89. The molecule has 130 valence electrons. The van der Waals surface area contributed by atoms with Crippen molar-refractivity contribution in [3.8, 4) is 0 Å². The van der Waals surface area contributed by atoms with Gasteiger partial charge in [0.2, 0.25) is 5.89 Å². The van der Waals surface area contributed by atoms with Crippen molar-refractivity contribution in [1.29, 1.82) is 0 Å². The lowest BCUT2D eigenvalue weighted by molar-refractivity contribution is 0.333. The number of hydrogen-bond acceptors (Lipinski definition) is 7. The van der Waals surface area contributed by atoms with Gasteiger partial charge in [0.15, 0.2) is 0 Å². The SMILES string of the molecule is Cc1cccc2c(N3CCCC(c4nc(N(C)C)no4)C3)ncnc12. The first-order valence-corrected chi connectivity index (χ1v) is 8.59. The molecule has 0 amide bonds. The molecule has 1 aliphatic heterocycles. The van der Waals surface area contributed by atoms with Gasteiger partial charge < -0.3 is 14.3 Å². The van der Waals surface area contributed by atoms with Gasteiger partial charge in [-0.25, -0.2) is 9.97 Å². The lowest BCUT2D eigenvalue weighted by atomic mass is 9.97. The van der Waals surface area contributed by atoms with Crippen LogP contribution in [0.1, 0.15) is 30.2 Å². The highest BCUT2D eigenvalue weighted by atomic mass is 16.5. The summed E-state index contributed by atoms with van der Waals surface area (Å²) in [5, 5.41) is 5.15. The van der Waals surface area contributed by atoms with E-state index in [4.69, 9.17) is 4.52 Å². The van der Waals surface area contributed by atoms with Crippen molar-refractivity contribution in [1.82, 2.24) is 20.1 Å². The van der Waals surface area contributed by atoms with Crippen molar-refractivity contribution in [3.05, 3.63) is 36.0 Å². The van der Waals surface area contributed by atoms with E-state index in [0.29, 0.717) is 11.8 Å². The Morgan fingerprint density at radius 3 is 2.92 bits per heavy atom. The van der Waals surface area contributed by atoms with Crippen LogP contribution < -0.4 is 9.80 Å². The first kappa shape index (κ1) is 15.8. The van der Waals surface area contributed by atoms with Gasteiger partial charge in [-0.1, -0.05) is 12.1 Å². The number of rotatable bonds is 3. The van der Waals surface area contributed by atoms with Crippen LogP contribution in [0.4, 0.5) is 11.8 Å². The molecule has 3 aromatic rings. The summed E-state index contributed by atoms with van der Waals surface area (Å²) in [5.74, 6) is 2.55. The smallest absolute Gasteiger partial charge is 0.265 e. The average Bonchev–Trinajstić information content (AvgIpc) is 3.12. The summed E-state index contributed by atoms with van der Waals surface area (Å²) in [4.78, 5) is 17.7. The standard InChI is InChI=1S/C18H22N6O/c1-12-6-4-8-14-15(12)19-11-20-16(14)24-9-5-7-13(10-24)17-21-18(22-25-17)23(2)3/h4,6,8,11,13H,5,7,9-10H2,1-3H3. The monoisotopic (exact) mass is 338 g/mol. The van der Waals surface area contributed by atoms with Crippen molar-refractivity contribution in [3.63, 3.8) is 0 Å². The minimum Gasteiger partial charge on any atom is -0.355 e. The zero-order chi connectivity index (χ0) is 17.4. The van der Waals surface area contributed by atoms with Gasteiger partial charge in [-0.3, -0.25) is 0 Å². The molecule has 0 saturated carbocycles. The second-order valence-corrected chi connectivity index (χ2v) is 6.78. The summed E-state index contributed by atoms with van der Waals surface area (Å²) >= 11 is 0. The molecule has 0 spiro atoms. The molecule has 2 aromatic heterocycles. The van der Waals surface area contributed by atoms with E-state index in [1.165, 1.54) is 5.56 Å². The molecule has 1 fully saturated rings. The van der Waals surface area contributed by atoms with E-state index in [9.17, 15) is 0 Å². The van der Waals surface area contributed by atoms with E-state index in [-0.39, 0.29) is 5.92 Å². The Balaban J connectivity index is 1.64. The fourth-order valence-corrected chi connectivity index (χ4v) is 3.42. The third-order valence-electron chi connectivity index (χ3n) is 4.75. The van der Waals surface area contributed by atoms with Crippen LogP contribution >= 0.6 is 0 Å². The molecule has 0 radical (unpaired) electrons. The maximum Gasteiger partial charge on any atom is 0.265 e. The van der Waals surface area contributed by atoms with E-state index in [1.807, 2.05) is 19.0 Å². The average molecular weight is 338 g/mol. The molecule has 1 atom stereocenters. The highest BCUT2D eigenvalue weighted by molar-refractivity contribution is 5.91. The van der Waals surface area contributed by atoms with Gasteiger partial charge in [-0.05, 0) is 36.6 Å². The molecule has 4 rings (SSSR count). The molecule has 1 saturated heterocycles. The zero-order valence-corrected chi connectivity index (χ0v) is 14.8. The van der Waals surface area contributed by atoms with Crippen LogP contribution in [0.25, 0.3) is 10.9 Å². The Hall–Kier alpha value is -2.70. The molecule has 1 aliphatic rings. The summed E-state index contributed by atoms with van der Waals surface area (Å²) in [6, 6.07) is 6.24. The molecule has 0 aliphatic carbocycles. The lowest BCUT2D eigenvalue weighted by Crippen LogP contribution is -2.35. The van der Waals surface area contributed by atoms with Crippen LogP contribution in [0, 0.1) is 6.92 Å². The van der Waals surface area contributed by atoms with E-state index in [2.05, 4.69) is 50.1 Å². The van der Waals surface area contributed by atoms with Crippen LogP contribution in [-0.2, 0) is 0 Å². The third kappa shape index (κ3) is 2.90. The van der Waals surface area contributed by atoms with Gasteiger partial charge in [0.05, 0.1) is 11.4 Å². The maximum atomic E-state index is 5.49. The minimum atomic E-state index is 0.227.